The predicted octanol–water partition coefficient (Wildman–Crippen LogP) is 5.49. The molecule has 0 saturated carbocycles. The lowest BCUT2D eigenvalue weighted by atomic mass is 10.1. The van der Waals surface area contributed by atoms with Crippen molar-refractivity contribution in [1.82, 2.24) is 15.1 Å². The van der Waals surface area contributed by atoms with Gasteiger partial charge in [0.2, 0.25) is 11.8 Å². The fourth-order valence-electron chi connectivity index (χ4n) is 3.77. The number of para-hydroxylation sites is 1. The second-order valence-electron chi connectivity index (χ2n) is 7.87. The Labute approximate surface area is 204 Å². The Morgan fingerprint density at radius 1 is 1.09 bits per heavy atom. The Balaban J connectivity index is 1.31. The Morgan fingerprint density at radius 3 is 2.64 bits per heavy atom. The molecule has 0 bridgehead atoms. The van der Waals surface area contributed by atoms with E-state index in [0.717, 1.165) is 35.7 Å². The van der Waals surface area contributed by atoms with Gasteiger partial charge in [-0.25, -0.2) is 0 Å². The van der Waals surface area contributed by atoms with E-state index in [9.17, 15) is 5.11 Å². The molecular formula is C25H31N3O3S2. The quantitative estimate of drug-likeness (QED) is 0.357. The van der Waals surface area contributed by atoms with Gasteiger partial charge in [-0.2, -0.15) is 11.8 Å². The van der Waals surface area contributed by atoms with E-state index in [1.807, 2.05) is 42.5 Å². The third-order valence-electron chi connectivity index (χ3n) is 5.56. The van der Waals surface area contributed by atoms with Crippen LogP contribution in [0.4, 0.5) is 0 Å². The highest BCUT2D eigenvalue weighted by Gasteiger charge is 2.24. The van der Waals surface area contributed by atoms with Crippen LogP contribution in [0.3, 0.4) is 0 Å². The van der Waals surface area contributed by atoms with E-state index in [4.69, 9.17) is 9.15 Å². The molecule has 3 aromatic rings. The number of aromatic hydroxyl groups is 1. The number of thioether (sulfide) groups is 2. The Morgan fingerprint density at radius 2 is 1.88 bits per heavy atom. The first-order valence-electron chi connectivity index (χ1n) is 11.5. The van der Waals surface area contributed by atoms with Crippen molar-refractivity contribution in [2.45, 2.75) is 25.0 Å². The highest BCUT2D eigenvalue weighted by Crippen LogP contribution is 2.39. The Hall–Kier alpha value is -2.16. The zero-order valence-electron chi connectivity index (χ0n) is 19.0. The highest BCUT2D eigenvalue weighted by atomic mass is 32.2. The summed E-state index contributed by atoms with van der Waals surface area (Å²) < 4.78 is 11.9. The van der Waals surface area contributed by atoms with Crippen LogP contribution in [0.5, 0.6) is 11.5 Å². The SMILES string of the molecule is CCSC(c1nnc(-c2ccc(OCCCCN3CCSCC3)cc2)o1)c1ccccc1O. The molecule has 0 spiro atoms. The van der Waals surface area contributed by atoms with Crippen molar-refractivity contribution in [2.75, 3.05) is 43.5 Å². The van der Waals surface area contributed by atoms with Gasteiger partial charge in [-0.05, 0) is 55.5 Å². The Kier molecular flexibility index (Phi) is 8.97. The topological polar surface area (TPSA) is 71.6 Å². The highest BCUT2D eigenvalue weighted by molar-refractivity contribution is 7.99. The van der Waals surface area contributed by atoms with Crippen LogP contribution in [0.2, 0.25) is 0 Å². The number of aromatic nitrogens is 2. The zero-order valence-corrected chi connectivity index (χ0v) is 20.6. The van der Waals surface area contributed by atoms with Gasteiger partial charge in [-0.1, -0.05) is 25.1 Å². The van der Waals surface area contributed by atoms with Crippen LogP contribution in [-0.2, 0) is 0 Å². The molecule has 1 N–H and O–H groups in total. The molecular weight excluding hydrogens is 454 g/mol. The van der Waals surface area contributed by atoms with Crippen LogP contribution >= 0.6 is 23.5 Å². The summed E-state index contributed by atoms with van der Waals surface area (Å²) in [5, 5.41) is 18.6. The van der Waals surface area contributed by atoms with Crippen molar-refractivity contribution in [1.29, 1.82) is 0 Å². The zero-order chi connectivity index (χ0) is 22.9. The van der Waals surface area contributed by atoms with Crippen molar-refractivity contribution in [3.8, 4) is 23.0 Å². The smallest absolute Gasteiger partial charge is 0.247 e. The summed E-state index contributed by atoms with van der Waals surface area (Å²) in [5.41, 5.74) is 1.63. The number of unbranched alkanes of at least 4 members (excludes halogenated alkanes) is 1. The monoisotopic (exact) mass is 485 g/mol. The molecule has 1 aliphatic rings. The van der Waals surface area contributed by atoms with E-state index in [2.05, 4.69) is 33.8 Å². The second kappa shape index (κ2) is 12.3. The summed E-state index contributed by atoms with van der Waals surface area (Å²) in [6.07, 6.45) is 2.22. The van der Waals surface area contributed by atoms with Crippen molar-refractivity contribution in [3.05, 3.63) is 60.0 Å². The number of hydrogen-bond donors (Lipinski definition) is 1. The molecule has 1 fully saturated rings. The number of benzene rings is 2. The van der Waals surface area contributed by atoms with Gasteiger partial charge in [0.15, 0.2) is 0 Å². The molecule has 0 radical (unpaired) electrons. The normalized spacial score (nSPS) is 15.4. The number of phenolic OH excluding ortho intramolecular Hbond substituents is 1. The number of hydrogen-bond acceptors (Lipinski definition) is 8. The van der Waals surface area contributed by atoms with Crippen molar-refractivity contribution in [2.24, 2.45) is 0 Å². The third-order valence-corrected chi connectivity index (χ3v) is 7.62. The van der Waals surface area contributed by atoms with Crippen LogP contribution in [0.15, 0.2) is 52.9 Å². The average Bonchev–Trinajstić information content (AvgIpc) is 3.34. The van der Waals surface area contributed by atoms with Crippen LogP contribution in [-0.4, -0.2) is 63.7 Å². The molecule has 6 nitrogen and oxygen atoms in total. The Bertz CT molecular complexity index is 991. The molecule has 1 unspecified atom stereocenters. The van der Waals surface area contributed by atoms with Gasteiger partial charge in [-0.3, -0.25) is 0 Å². The van der Waals surface area contributed by atoms with Crippen LogP contribution in [0.1, 0.15) is 36.5 Å². The molecule has 0 aliphatic carbocycles. The maximum absolute atomic E-state index is 10.3. The van der Waals surface area contributed by atoms with E-state index < -0.39 is 0 Å². The van der Waals surface area contributed by atoms with Gasteiger partial charge in [0.05, 0.1) is 6.61 Å². The summed E-state index contributed by atoms with van der Waals surface area (Å²) in [7, 11) is 0. The molecule has 1 aromatic heterocycles. The molecule has 1 saturated heterocycles. The number of nitrogens with zero attached hydrogens (tertiary/aromatic N) is 3. The predicted molar refractivity (Wildman–Crippen MR) is 136 cm³/mol. The molecule has 2 heterocycles. The number of ether oxygens (including phenoxy) is 1. The summed E-state index contributed by atoms with van der Waals surface area (Å²) in [5.74, 6) is 5.43. The number of rotatable bonds is 11. The molecule has 33 heavy (non-hydrogen) atoms. The van der Waals surface area contributed by atoms with E-state index in [0.29, 0.717) is 11.8 Å². The molecule has 0 amide bonds. The number of phenols is 1. The van der Waals surface area contributed by atoms with E-state index in [1.165, 1.54) is 37.6 Å². The third kappa shape index (κ3) is 6.68. The maximum Gasteiger partial charge on any atom is 0.247 e. The average molecular weight is 486 g/mol. The van der Waals surface area contributed by atoms with E-state index in [1.54, 1.807) is 17.8 Å². The van der Waals surface area contributed by atoms with Crippen molar-refractivity contribution < 1.29 is 14.3 Å². The largest absolute Gasteiger partial charge is 0.508 e. The molecule has 8 heteroatoms. The summed E-state index contributed by atoms with van der Waals surface area (Å²) in [6.45, 7) is 6.40. The first-order chi connectivity index (χ1) is 16.2. The van der Waals surface area contributed by atoms with Gasteiger partial charge in [0.25, 0.3) is 0 Å². The molecule has 2 aromatic carbocycles. The van der Waals surface area contributed by atoms with Gasteiger partial charge in [-0.15, -0.1) is 22.0 Å². The summed E-state index contributed by atoms with van der Waals surface area (Å²) in [6, 6.07) is 15.1. The van der Waals surface area contributed by atoms with Gasteiger partial charge < -0.3 is 19.2 Å². The minimum absolute atomic E-state index is 0.205. The van der Waals surface area contributed by atoms with Crippen LogP contribution in [0, 0.1) is 0 Å². The molecule has 1 atom stereocenters. The fourth-order valence-corrected chi connectivity index (χ4v) is 5.70. The maximum atomic E-state index is 10.3. The van der Waals surface area contributed by atoms with Crippen molar-refractivity contribution >= 4 is 23.5 Å². The molecule has 4 rings (SSSR count). The van der Waals surface area contributed by atoms with E-state index in [-0.39, 0.29) is 11.0 Å². The fraction of sp³-hybridized carbons (Fsp3) is 0.440. The summed E-state index contributed by atoms with van der Waals surface area (Å²) >= 11 is 3.70. The van der Waals surface area contributed by atoms with Gasteiger partial charge >= 0.3 is 0 Å². The minimum atomic E-state index is -0.205. The lowest BCUT2D eigenvalue weighted by Gasteiger charge is -2.25. The van der Waals surface area contributed by atoms with Crippen LogP contribution in [0.25, 0.3) is 11.5 Å². The lowest BCUT2D eigenvalue weighted by molar-refractivity contribution is 0.265. The van der Waals surface area contributed by atoms with Crippen molar-refractivity contribution in [3.63, 3.8) is 0 Å². The molecule has 1 aliphatic heterocycles. The first-order valence-corrected chi connectivity index (χ1v) is 13.7. The van der Waals surface area contributed by atoms with Gasteiger partial charge in [0.1, 0.15) is 16.7 Å². The summed E-state index contributed by atoms with van der Waals surface area (Å²) in [4.78, 5) is 2.55. The molecule has 176 valence electrons. The minimum Gasteiger partial charge on any atom is -0.508 e. The lowest BCUT2D eigenvalue weighted by Crippen LogP contribution is -2.33. The van der Waals surface area contributed by atoms with Crippen LogP contribution < -0.4 is 4.74 Å². The second-order valence-corrected chi connectivity index (χ2v) is 10.5. The van der Waals surface area contributed by atoms with E-state index >= 15 is 0 Å². The standard InChI is InChI=1S/C25H31N3O3S2/c1-2-33-23(21-7-3-4-8-22(21)29)25-27-26-24(31-25)19-9-11-20(12-10-19)30-16-6-5-13-28-14-17-32-18-15-28/h3-4,7-12,23,29H,2,5-6,13-18H2,1H3. The first kappa shape index (κ1) is 24.0. The van der Waals surface area contributed by atoms with Gasteiger partial charge in [0, 0.05) is 35.7 Å².